The van der Waals surface area contributed by atoms with Crippen molar-refractivity contribution in [2.24, 2.45) is 16.8 Å². The molecule has 0 N–H and O–H groups in total. The SMILES string of the molecule is CCCN1C=c2cc(Br)sc2=NC1OCC1CC1C. The second-order valence-electron chi connectivity index (χ2n) is 5.44. The zero-order valence-electron chi connectivity index (χ0n) is 11.3. The molecule has 2 aliphatic rings. The molecule has 19 heavy (non-hydrogen) atoms. The summed E-state index contributed by atoms with van der Waals surface area (Å²) >= 11 is 5.21. The highest BCUT2D eigenvalue weighted by Gasteiger charge is 2.33. The highest BCUT2D eigenvalue weighted by Crippen LogP contribution is 2.38. The molecule has 3 nitrogen and oxygen atoms in total. The third kappa shape index (κ3) is 3.03. The first kappa shape index (κ1) is 13.6. The van der Waals surface area contributed by atoms with Gasteiger partial charge in [-0.1, -0.05) is 13.8 Å². The molecule has 0 radical (unpaired) electrons. The minimum Gasteiger partial charge on any atom is -0.339 e. The van der Waals surface area contributed by atoms with E-state index in [1.54, 1.807) is 11.3 Å². The van der Waals surface area contributed by atoms with Gasteiger partial charge in [-0.25, -0.2) is 4.99 Å². The lowest BCUT2D eigenvalue weighted by Gasteiger charge is -2.28. The van der Waals surface area contributed by atoms with Gasteiger partial charge in [0.1, 0.15) is 4.67 Å². The number of halogens is 1. The number of fused-ring (bicyclic) bond motifs is 1. The van der Waals surface area contributed by atoms with Crippen LogP contribution in [0.25, 0.3) is 6.20 Å². The maximum absolute atomic E-state index is 6.03. The molecule has 0 spiro atoms. The molecule has 1 aliphatic heterocycles. The number of nitrogens with zero attached hydrogens (tertiary/aromatic N) is 2. The Morgan fingerprint density at radius 1 is 1.58 bits per heavy atom. The van der Waals surface area contributed by atoms with Crippen LogP contribution in [-0.2, 0) is 4.74 Å². The van der Waals surface area contributed by atoms with E-state index < -0.39 is 0 Å². The van der Waals surface area contributed by atoms with Crippen molar-refractivity contribution >= 4 is 33.5 Å². The van der Waals surface area contributed by atoms with E-state index in [9.17, 15) is 0 Å². The van der Waals surface area contributed by atoms with Gasteiger partial charge in [-0.2, -0.15) is 0 Å². The molecule has 5 heteroatoms. The molecule has 104 valence electrons. The summed E-state index contributed by atoms with van der Waals surface area (Å²) in [6.07, 6.45) is 4.46. The largest absolute Gasteiger partial charge is 0.339 e. The van der Waals surface area contributed by atoms with Crippen molar-refractivity contribution in [3.8, 4) is 0 Å². The van der Waals surface area contributed by atoms with E-state index in [2.05, 4.69) is 46.9 Å². The Morgan fingerprint density at radius 3 is 3.05 bits per heavy atom. The molecular weight excluding hydrogens is 324 g/mol. The molecular formula is C14H19BrN2OS. The molecule has 1 aromatic heterocycles. The highest BCUT2D eigenvalue weighted by atomic mass is 79.9. The number of ether oxygens (including phenoxy) is 1. The second-order valence-corrected chi connectivity index (χ2v) is 7.85. The van der Waals surface area contributed by atoms with Gasteiger partial charge in [0.25, 0.3) is 0 Å². The molecule has 3 rings (SSSR count). The van der Waals surface area contributed by atoms with Crippen molar-refractivity contribution in [2.75, 3.05) is 13.2 Å². The normalized spacial score (nSPS) is 28.6. The summed E-state index contributed by atoms with van der Waals surface area (Å²) in [7, 11) is 0. The van der Waals surface area contributed by atoms with Crippen molar-refractivity contribution in [2.45, 2.75) is 33.0 Å². The molecule has 0 aromatic carbocycles. The van der Waals surface area contributed by atoms with Gasteiger partial charge in [0, 0.05) is 18.0 Å². The standard InChI is InChI=1S/C14H19BrN2OS/c1-3-4-17-7-10-6-12(15)19-13(10)16-14(17)18-8-11-5-9(11)2/h6-7,9,11,14H,3-5,8H2,1-2H3. The highest BCUT2D eigenvalue weighted by molar-refractivity contribution is 9.11. The third-order valence-corrected chi connectivity index (χ3v) is 5.31. The van der Waals surface area contributed by atoms with Crippen LogP contribution in [0.2, 0.25) is 0 Å². The van der Waals surface area contributed by atoms with Gasteiger partial charge in [-0.15, -0.1) is 11.3 Å². The van der Waals surface area contributed by atoms with E-state index in [1.807, 2.05) is 0 Å². The summed E-state index contributed by atoms with van der Waals surface area (Å²) in [6.45, 7) is 6.30. The van der Waals surface area contributed by atoms with Crippen LogP contribution in [0.1, 0.15) is 26.7 Å². The maximum Gasteiger partial charge on any atom is 0.229 e. The van der Waals surface area contributed by atoms with Gasteiger partial charge in [-0.3, -0.25) is 0 Å². The first-order chi connectivity index (χ1) is 9.17. The Balaban J connectivity index is 1.78. The molecule has 0 saturated heterocycles. The average Bonchev–Trinajstić information content (AvgIpc) is 2.94. The van der Waals surface area contributed by atoms with Gasteiger partial charge in [0.05, 0.1) is 10.4 Å². The Bertz CT molecular complexity index is 570. The van der Waals surface area contributed by atoms with Crippen molar-refractivity contribution in [3.63, 3.8) is 0 Å². The van der Waals surface area contributed by atoms with E-state index in [0.29, 0.717) is 0 Å². The van der Waals surface area contributed by atoms with Crippen LogP contribution in [0.4, 0.5) is 0 Å². The predicted octanol–water partition coefficient (Wildman–Crippen LogP) is 2.55. The van der Waals surface area contributed by atoms with E-state index in [4.69, 9.17) is 9.73 Å². The van der Waals surface area contributed by atoms with Gasteiger partial charge < -0.3 is 9.64 Å². The third-order valence-electron chi connectivity index (χ3n) is 3.74. The lowest BCUT2D eigenvalue weighted by Crippen LogP contribution is -2.42. The summed E-state index contributed by atoms with van der Waals surface area (Å²) in [5.74, 6) is 1.58. The predicted molar refractivity (Wildman–Crippen MR) is 81.3 cm³/mol. The number of hydrogen-bond acceptors (Lipinski definition) is 4. The molecule has 1 saturated carbocycles. The van der Waals surface area contributed by atoms with Crippen LogP contribution in [-0.4, -0.2) is 24.4 Å². The molecule has 0 bridgehead atoms. The van der Waals surface area contributed by atoms with Crippen molar-refractivity contribution < 1.29 is 4.74 Å². The second kappa shape index (κ2) is 5.54. The maximum atomic E-state index is 6.03. The van der Waals surface area contributed by atoms with Crippen LogP contribution < -0.4 is 9.89 Å². The Hall–Kier alpha value is -0.390. The summed E-state index contributed by atoms with van der Waals surface area (Å²) in [5.41, 5.74) is 0. The first-order valence-electron chi connectivity index (χ1n) is 6.89. The molecule has 1 fully saturated rings. The molecule has 1 aliphatic carbocycles. The number of hydrogen-bond donors (Lipinski definition) is 0. The molecule has 1 aromatic rings. The molecule has 3 atom stereocenters. The van der Waals surface area contributed by atoms with Crippen LogP contribution in [0.15, 0.2) is 14.8 Å². The van der Waals surface area contributed by atoms with Gasteiger partial charge in [0.2, 0.25) is 6.35 Å². The minimum absolute atomic E-state index is 0.134. The fourth-order valence-corrected chi connectivity index (χ4v) is 3.83. The lowest BCUT2D eigenvalue weighted by molar-refractivity contribution is -0.0323. The molecule has 3 unspecified atom stereocenters. The first-order valence-corrected chi connectivity index (χ1v) is 8.50. The zero-order chi connectivity index (χ0) is 13.4. The summed E-state index contributed by atoms with van der Waals surface area (Å²) in [4.78, 5) is 6.97. The quantitative estimate of drug-likeness (QED) is 0.821. The van der Waals surface area contributed by atoms with E-state index in [0.717, 1.165) is 39.9 Å². The monoisotopic (exact) mass is 342 g/mol. The van der Waals surface area contributed by atoms with Crippen molar-refractivity contribution in [1.29, 1.82) is 0 Å². The zero-order valence-corrected chi connectivity index (χ0v) is 13.7. The number of rotatable bonds is 5. The van der Waals surface area contributed by atoms with Gasteiger partial charge >= 0.3 is 0 Å². The van der Waals surface area contributed by atoms with E-state index in [-0.39, 0.29) is 6.35 Å². The number of thiophene rings is 1. The molecule has 2 heterocycles. The van der Waals surface area contributed by atoms with Crippen molar-refractivity contribution in [1.82, 2.24) is 4.90 Å². The summed E-state index contributed by atoms with van der Waals surface area (Å²) in [6, 6.07) is 2.13. The lowest BCUT2D eigenvalue weighted by atomic mass is 10.3. The summed E-state index contributed by atoms with van der Waals surface area (Å²) < 4.78 is 8.23. The average molecular weight is 343 g/mol. The van der Waals surface area contributed by atoms with Crippen LogP contribution in [0, 0.1) is 11.8 Å². The Morgan fingerprint density at radius 2 is 2.37 bits per heavy atom. The smallest absolute Gasteiger partial charge is 0.229 e. The van der Waals surface area contributed by atoms with E-state index >= 15 is 0 Å². The summed E-state index contributed by atoms with van der Waals surface area (Å²) in [5, 5.41) is 1.20. The molecule has 0 amide bonds. The topological polar surface area (TPSA) is 24.8 Å². The fraction of sp³-hybridized carbons (Fsp3) is 0.643. The van der Waals surface area contributed by atoms with Gasteiger partial charge in [0.15, 0.2) is 0 Å². The van der Waals surface area contributed by atoms with Crippen molar-refractivity contribution in [3.05, 3.63) is 19.7 Å². The fourth-order valence-electron chi connectivity index (χ4n) is 2.38. The Kier molecular flexibility index (Phi) is 3.96. The van der Waals surface area contributed by atoms with Gasteiger partial charge in [-0.05, 0) is 46.7 Å². The minimum atomic E-state index is -0.134. The van der Waals surface area contributed by atoms with Crippen LogP contribution in [0.3, 0.4) is 0 Å². The van der Waals surface area contributed by atoms with Crippen LogP contribution >= 0.6 is 27.3 Å². The Labute approximate surface area is 126 Å². The van der Waals surface area contributed by atoms with Crippen LogP contribution in [0.5, 0.6) is 0 Å². The van der Waals surface area contributed by atoms with E-state index in [1.165, 1.54) is 11.6 Å².